The average Bonchev–Trinajstić information content (AvgIpc) is 2.93. The second-order valence-electron chi connectivity index (χ2n) is 5.23. The maximum atomic E-state index is 13.0. The molecule has 6 heteroatoms. The third-order valence-electron chi connectivity index (χ3n) is 3.78. The van der Waals surface area contributed by atoms with Crippen molar-refractivity contribution in [2.45, 2.75) is 6.42 Å². The van der Waals surface area contributed by atoms with Crippen LogP contribution in [0.2, 0.25) is 0 Å². The molecule has 3 rings (SSSR count). The SMILES string of the molecule is O=C(Cc1ccc(Br)s1)N1CCN(c2ccc(F)cc2)CC1. The van der Waals surface area contributed by atoms with Crippen LogP contribution in [0, 0.1) is 5.82 Å². The Hall–Kier alpha value is -1.40. The monoisotopic (exact) mass is 382 g/mol. The zero-order valence-corrected chi connectivity index (χ0v) is 14.4. The van der Waals surface area contributed by atoms with Gasteiger partial charge in [-0.2, -0.15) is 0 Å². The molecule has 0 radical (unpaired) electrons. The van der Waals surface area contributed by atoms with Crippen LogP contribution in [-0.4, -0.2) is 37.0 Å². The van der Waals surface area contributed by atoms with E-state index >= 15 is 0 Å². The summed E-state index contributed by atoms with van der Waals surface area (Å²) in [5.74, 6) is -0.0484. The van der Waals surface area contributed by atoms with Crippen LogP contribution >= 0.6 is 27.3 Å². The molecule has 0 bridgehead atoms. The Morgan fingerprint density at radius 3 is 2.36 bits per heavy atom. The standard InChI is InChI=1S/C16H16BrFN2OS/c17-15-6-5-14(22-15)11-16(21)20-9-7-19(8-10-20)13-3-1-12(18)2-4-13/h1-6H,7-11H2. The molecule has 22 heavy (non-hydrogen) atoms. The summed E-state index contributed by atoms with van der Waals surface area (Å²) in [6, 6.07) is 10.5. The summed E-state index contributed by atoms with van der Waals surface area (Å²) in [7, 11) is 0. The van der Waals surface area contributed by atoms with Crippen LogP contribution in [0.1, 0.15) is 4.88 Å². The van der Waals surface area contributed by atoms with Crippen molar-refractivity contribution in [2.24, 2.45) is 0 Å². The summed E-state index contributed by atoms with van der Waals surface area (Å²) in [4.78, 5) is 17.5. The Morgan fingerprint density at radius 1 is 1.09 bits per heavy atom. The Morgan fingerprint density at radius 2 is 1.77 bits per heavy atom. The van der Waals surface area contributed by atoms with Crippen LogP contribution in [0.5, 0.6) is 0 Å². The number of anilines is 1. The van der Waals surface area contributed by atoms with E-state index in [1.165, 1.54) is 12.1 Å². The zero-order valence-electron chi connectivity index (χ0n) is 12.0. The molecular weight excluding hydrogens is 367 g/mol. The van der Waals surface area contributed by atoms with Gasteiger partial charge in [-0.1, -0.05) is 0 Å². The number of benzene rings is 1. The highest BCUT2D eigenvalue weighted by atomic mass is 79.9. The fourth-order valence-electron chi connectivity index (χ4n) is 2.57. The second kappa shape index (κ2) is 6.79. The lowest BCUT2D eigenvalue weighted by molar-refractivity contribution is -0.130. The Balaban J connectivity index is 1.54. The predicted molar refractivity (Wildman–Crippen MR) is 90.9 cm³/mol. The lowest BCUT2D eigenvalue weighted by atomic mass is 10.2. The first-order valence-corrected chi connectivity index (χ1v) is 8.75. The maximum Gasteiger partial charge on any atom is 0.227 e. The molecule has 1 aliphatic rings. The molecule has 116 valence electrons. The van der Waals surface area contributed by atoms with E-state index in [2.05, 4.69) is 20.8 Å². The zero-order chi connectivity index (χ0) is 15.5. The van der Waals surface area contributed by atoms with Crippen molar-refractivity contribution < 1.29 is 9.18 Å². The minimum atomic E-state index is -0.223. The molecule has 3 nitrogen and oxygen atoms in total. The number of hydrogen-bond donors (Lipinski definition) is 0. The van der Waals surface area contributed by atoms with Crippen molar-refractivity contribution in [3.63, 3.8) is 0 Å². The van der Waals surface area contributed by atoms with Gasteiger partial charge in [0.2, 0.25) is 5.91 Å². The molecule has 0 spiro atoms. The number of halogens is 2. The molecule has 1 aromatic carbocycles. The van der Waals surface area contributed by atoms with Gasteiger partial charge in [-0.15, -0.1) is 11.3 Å². The molecule has 1 saturated heterocycles. The number of thiophene rings is 1. The number of rotatable bonds is 3. The van der Waals surface area contributed by atoms with Crippen molar-refractivity contribution in [2.75, 3.05) is 31.1 Å². The molecular formula is C16H16BrFN2OS. The summed E-state index contributed by atoms with van der Waals surface area (Å²) in [6.45, 7) is 2.99. The summed E-state index contributed by atoms with van der Waals surface area (Å²) in [6.07, 6.45) is 0.465. The molecule has 0 aliphatic carbocycles. The van der Waals surface area contributed by atoms with Gasteiger partial charge in [0.15, 0.2) is 0 Å². The van der Waals surface area contributed by atoms with Gasteiger partial charge in [0.05, 0.1) is 10.2 Å². The number of hydrogen-bond acceptors (Lipinski definition) is 3. The lowest BCUT2D eigenvalue weighted by Gasteiger charge is -2.36. The number of carbonyl (C=O) groups is 1. The number of nitrogens with zero attached hydrogens (tertiary/aromatic N) is 2. The van der Waals surface area contributed by atoms with E-state index in [1.54, 1.807) is 23.5 Å². The van der Waals surface area contributed by atoms with E-state index in [-0.39, 0.29) is 11.7 Å². The van der Waals surface area contributed by atoms with Gasteiger partial charge in [-0.25, -0.2) is 4.39 Å². The first kappa shape index (κ1) is 15.5. The maximum absolute atomic E-state index is 13.0. The number of piperazine rings is 1. The van der Waals surface area contributed by atoms with Gasteiger partial charge in [0.1, 0.15) is 5.82 Å². The molecule has 2 heterocycles. The highest BCUT2D eigenvalue weighted by Gasteiger charge is 2.21. The summed E-state index contributed by atoms with van der Waals surface area (Å²) >= 11 is 5.02. The molecule has 1 amide bonds. The second-order valence-corrected chi connectivity index (χ2v) is 7.77. The molecule has 1 fully saturated rings. The van der Waals surface area contributed by atoms with Crippen molar-refractivity contribution >= 4 is 38.9 Å². The van der Waals surface area contributed by atoms with Crippen LogP contribution < -0.4 is 4.90 Å². The van der Waals surface area contributed by atoms with Gasteiger partial charge >= 0.3 is 0 Å². The third-order valence-corrected chi connectivity index (χ3v) is 5.40. The van der Waals surface area contributed by atoms with Crippen molar-refractivity contribution in [1.82, 2.24) is 4.90 Å². The molecule has 1 aliphatic heterocycles. The van der Waals surface area contributed by atoms with Gasteiger partial charge in [-0.3, -0.25) is 4.79 Å². The van der Waals surface area contributed by atoms with Crippen molar-refractivity contribution in [3.8, 4) is 0 Å². The fraction of sp³-hybridized carbons (Fsp3) is 0.312. The van der Waals surface area contributed by atoms with E-state index in [0.29, 0.717) is 19.5 Å². The van der Waals surface area contributed by atoms with Gasteiger partial charge in [0, 0.05) is 36.7 Å². The predicted octanol–water partition coefficient (Wildman–Crippen LogP) is 3.54. The lowest BCUT2D eigenvalue weighted by Crippen LogP contribution is -2.49. The average molecular weight is 383 g/mol. The van der Waals surface area contributed by atoms with Crippen LogP contribution in [0.25, 0.3) is 0 Å². The van der Waals surface area contributed by atoms with Crippen LogP contribution in [0.3, 0.4) is 0 Å². The van der Waals surface area contributed by atoms with E-state index in [4.69, 9.17) is 0 Å². The summed E-state index contributed by atoms with van der Waals surface area (Å²) in [5.41, 5.74) is 1.01. The Bertz CT molecular complexity index is 650. The van der Waals surface area contributed by atoms with Crippen LogP contribution in [0.15, 0.2) is 40.2 Å². The van der Waals surface area contributed by atoms with Gasteiger partial charge in [0.25, 0.3) is 0 Å². The molecule has 0 atom stereocenters. The molecule has 1 aromatic heterocycles. The summed E-state index contributed by atoms with van der Waals surface area (Å²) in [5, 5.41) is 0. The van der Waals surface area contributed by atoms with E-state index in [0.717, 1.165) is 27.4 Å². The topological polar surface area (TPSA) is 23.6 Å². The Labute approximate surface area is 141 Å². The first-order chi connectivity index (χ1) is 10.6. The number of carbonyl (C=O) groups excluding carboxylic acids is 1. The van der Waals surface area contributed by atoms with Crippen LogP contribution in [0.4, 0.5) is 10.1 Å². The molecule has 0 unspecified atom stereocenters. The van der Waals surface area contributed by atoms with Crippen LogP contribution in [-0.2, 0) is 11.2 Å². The Kier molecular flexibility index (Phi) is 4.78. The normalized spacial score (nSPS) is 15.2. The van der Waals surface area contributed by atoms with E-state index in [9.17, 15) is 9.18 Å². The highest BCUT2D eigenvalue weighted by Crippen LogP contribution is 2.23. The third kappa shape index (κ3) is 3.67. The molecule has 0 saturated carbocycles. The number of amides is 1. The minimum Gasteiger partial charge on any atom is -0.368 e. The first-order valence-electron chi connectivity index (χ1n) is 7.14. The van der Waals surface area contributed by atoms with Crippen molar-refractivity contribution in [3.05, 3.63) is 50.9 Å². The van der Waals surface area contributed by atoms with E-state index < -0.39 is 0 Å². The van der Waals surface area contributed by atoms with Gasteiger partial charge in [-0.05, 0) is 52.3 Å². The molecule has 0 N–H and O–H groups in total. The van der Waals surface area contributed by atoms with Gasteiger partial charge < -0.3 is 9.80 Å². The summed E-state index contributed by atoms with van der Waals surface area (Å²) < 4.78 is 14.0. The quantitative estimate of drug-likeness (QED) is 0.810. The van der Waals surface area contributed by atoms with Crippen molar-refractivity contribution in [1.29, 1.82) is 0 Å². The van der Waals surface area contributed by atoms with E-state index in [1.807, 2.05) is 17.0 Å². The highest BCUT2D eigenvalue weighted by molar-refractivity contribution is 9.11. The minimum absolute atomic E-state index is 0.174. The molecule has 2 aromatic rings. The largest absolute Gasteiger partial charge is 0.368 e. The smallest absolute Gasteiger partial charge is 0.227 e. The fourth-order valence-corrected chi connectivity index (χ4v) is 4.05.